The number of aromatic nitrogens is 1. The number of fused-ring (bicyclic) bond motifs is 2. The Balaban J connectivity index is 1.72. The maximum Gasteiger partial charge on any atom is 0.374 e. The monoisotopic (exact) mass is 389 g/mol. The lowest BCUT2D eigenvalue weighted by Gasteiger charge is -2.20. The first kappa shape index (κ1) is 19.0. The van der Waals surface area contributed by atoms with Crippen LogP contribution in [0.5, 0.6) is 0 Å². The first-order valence-electron chi connectivity index (χ1n) is 10.1. The van der Waals surface area contributed by atoms with E-state index < -0.39 is 0 Å². The third-order valence-electron chi connectivity index (χ3n) is 5.23. The Bertz CT molecular complexity index is 1250. The lowest BCUT2D eigenvalue weighted by Crippen LogP contribution is -2.33. The van der Waals surface area contributed by atoms with E-state index in [0.29, 0.717) is 17.0 Å². The molecule has 0 bridgehead atoms. The molecule has 5 nitrogen and oxygen atoms in total. The second kappa shape index (κ2) is 7.95. The van der Waals surface area contributed by atoms with E-state index in [-0.39, 0.29) is 5.63 Å². The summed E-state index contributed by atoms with van der Waals surface area (Å²) in [6, 6.07) is 15.8. The summed E-state index contributed by atoms with van der Waals surface area (Å²) in [5.74, 6) is 0.699. The highest BCUT2D eigenvalue weighted by molar-refractivity contribution is 5.83. The number of hydrogen-bond donors (Lipinski definition) is 0. The number of rotatable bonds is 6. The van der Waals surface area contributed by atoms with Crippen LogP contribution < -0.4 is 15.1 Å². The van der Waals surface area contributed by atoms with E-state index in [1.165, 1.54) is 0 Å². The lowest BCUT2D eigenvalue weighted by molar-refractivity contribution is -0.674. The molecule has 2 aromatic carbocycles. The molecular formula is C24H25N2O3+. The fourth-order valence-electron chi connectivity index (χ4n) is 3.68. The molecule has 0 aliphatic rings. The minimum atomic E-state index is -0.357. The van der Waals surface area contributed by atoms with E-state index in [1.807, 2.05) is 48.5 Å². The second-order valence-corrected chi connectivity index (χ2v) is 6.87. The zero-order chi connectivity index (χ0) is 20.4. The summed E-state index contributed by atoms with van der Waals surface area (Å²) in [5.41, 5.74) is 3.65. The van der Waals surface area contributed by atoms with Gasteiger partial charge in [0, 0.05) is 36.3 Å². The predicted octanol–water partition coefficient (Wildman–Crippen LogP) is 4.86. The first-order valence-corrected chi connectivity index (χ1v) is 10.1. The largest absolute Gasteiger partial charge is 0.422 e. The van der Waals surface area contributed by atoms with Crippen LogP contribution in [0.15, 0.2) is 62.2 Å². The van der Waals surface area contributed by atoms with Gasteiger partial charge >= 0.3 is 11.5 Å². The highest BCUT2D eigenvalue weighted by Crippen LogP contribution is 2.22. The Hall–Kier alpha value is -3.34. The highest BCUT2D eigenvalue weighted by Gasteiger charge is 2.18. The standard InChI is InChI=1S/C24H25N2O3/c1-4-25(5-2)19-13-11-17-15-18(24(27)29-22(17)16-19)12-14-23-26(6-3)20-9-7-8-10-21(20)28-23/h7-16H,4-6H2,1-3H3/q+1. The molecule has 2 heterocycles. The molecular weight excluding hydrogens is 364 g/mol. The third-order valence-corrected chi connectivity index (χ3v) is 5.23. The van der Waals surface area contributed by atoms with Crippen LogP contribution in [0.25, 0.3) is 34.2 Å². The fraction of sp³-hybridized carbons (Fsp3) is 0.250. The molecule has 0 spiro atoms. The van der Waals surface area contributed by atoms with Gasteiger partial charge in [-0.3, -0.25) is 0 Å². The van der Waals surface area contributed by atoms with Gasteiger partial charge in [0.15, 0.2) is 0 Å². The van der Waals surface area contributed by atoms with Crippen molar-refractivity contribution in [3.63, 3.8) is 0 Å². The Kier molecular flexibility index (Phi) is 5.21. The van der Waals surface area contributed by atoms with Gasteiger partial charge in [-0.15, -0.1) is 0 Å². The van der Waals surface area contributed by atoms with Gasteiger partial charge in [0.2, 0.25) is 5.58 Å². The van der Waals surface area contributed by atoms with E-state index in [4.69, 9.17) is 8.83 Å². The van der Waals surface area contributed by atoms with Crippen LogP contribution in [-0.2, 0) is 6.54 Å². The number of nitrogens with zero attached hydrogens (tertiary/aromatic N) is 2. The van der Waals surface area contributed by atoms with Crippen molar-refractivity contribution in [2.75, 3.05) is 18.0 Å². The van der Waals surface area contributed by atoms with Gasteiger partial charge in [-0.25, -0.2) is 4.79 Å². The SMILES string of the molecule is CCN(CC)c1ccc2cc(/C=C/c3oc4ccccc4[n+]3CC)c(=O)oc2c1. The van der Waals surface area contributed by atoms with Crippen molar-refractivity contribution in [3.8, 4) is 0 Å². The number of para-hydroxylation sites is 2. The summed E-state index contributed by atoms with van der Waals surface area (Å²) < 4.78 is 13.6. The fourth-order valence-corrected chi connectivity index (χ4v) is 3.68. The number of hydrogen-bond acceptors (Lipinski definition) is 4. The van der Waals surface area contributed by atoms with Gasteiger partial charge in [-0.05, 0) is 51.1 Å². The van der Waals surface area contributed by atoms with Crippen LogP contribution in [0, 0.1) is 0 Å². The smallest absolute Gasteiger partial charge is 0.374 e. The molecule has 2 aromatic heterocycles. The molecule has 0 saturated heterocycles. The minimum absolute atomic E-state index is 0.357. The van der Waals surface area contributed by atoms with Crippen LogP contribution in [0.4, 0.5) is 5.69 Å². The summed E-state index contributed by atoms with van der Waals surface area (Å²) in [4.78, 5) is 14.8. The summed E-state index contributed by atoms with van der Waals surface area (Å²) in [6.07, 6.45) is 3.58. The van der Waals surface area contributed by atoms with E-state index in [0.717, 1.165) is 41.8 Å². The van der Waals surface area contributed by atoms with Crippen molar-refractivity contribution in [1.82, 2.24) is 0 Å². The first-order chi connectivity index (χ1) is 14.1. The molecule has 0 atom stereocenters. The second-order valence-electron chi connectivity index (χ2n) is 6.87. The quantitative estimate of drug-likeness (QED) is 0.349. The number of benzene rings is 2. The zero-order valence-electron chi connectivity index (χ0n) is 17.0. The van der Waals surface area contributed by atoms with Gasteiger partial charge in [-0.2, -0.15) is 4.57 Å². The van der Waals surface area contributed by atoms with Crippen molar-refractivity contribution in [2.24, 2.45) is 0 Å². The Morgan fingerprint density at radius 3 is 2.48 bits per heavy atom. The van der Waals surface area contributed by atoms with E-state index in [1.54, 1.807) is 6.08 Å². The molecule has 148 valence electrons. The van der Waals surface area contributed by atoms with Crippen LogP contribution in [0.2, 0.25) is 0 Å². The average Bonchev–Trinajstić information content (AvgIpc) is 3.10. The van der Waals surface area contributed by atoms with Crippen molar-refractivity contribution >= 4 is 39.9 Å². The number of aryl methyl sites for hydroxylation is 1. The lowest BCUT2D eigenvalue weighted by atomic mass is 10.1. The molecule has 0 fully saturated rings. The van der Waals surface area contributed by atoms with Crippen molar-refractivity contribution in [1.29, 1.82) is 0 Å². The van der Waals surface area contributed by atoms with Crippen LogP contribution in [0.3, 0.4) is 0 Å². The zero-order valence-corrected chi connectivity index (χ0v) is 17.0. The Labute approximate surface area is 169 Å². The van der Waals surface area contributed by atoms with E-state index in [9.17, 15) is 4.79 Å². The molecule has 4 rings (SSSR count). The maximum absolute atomic E-state index is 12.5. The van der Waals surface area contributed by atoms with Crippen LogP contribution in [0.1, 0.15) is 32.2 Å². The van der Waals surface area contributed by atoms with Gasteiger partial charge in [0.1, 0.15) is 12.1 Å². The topological polar surface area (TPSA) is 50.5 Å². The normalized spacial score (nSPS) is 11.7. The van der Waals surface area contributed by atoms with Crippen molar-refractivity contribution < 1.29 is 13.4 Å². The summed E-state index contributed by atoms with van der Waals surface area (Å²) >= 11 is 0. The summed E-state index contributed by atoms with van der Waals surface area (Å²) in [7, 11) is 0. The predicted molar refractivity (Wildman–Crippen MR) is 117 cm³/mol. The minimum Gasteiger partial charge on any atom is -0.422 e. The van der Waals surface area contributed by atoms with Crippen LogP contribution >= 0.6 is 0 Å². The van der Waals surface area contributed by atoms with Crippen molar-refractivity contribution in [3.05, 3.63) is 70.4 Å². The summed E-state index contributed by atoms with van der Waals surface area (Å²) in [6.45, 7) is 8.87. The number of oxazole rings is 1. The molecule has 0 aliphatic heterocycles. The van der Waals surface area contributed by atoms with Crippen LogP contribution in [-0.4, -0.2) is 13.1 Å². The summed E-state index contributed by atoms with van der Waals surface area (Å²) in [5, 5.41) is 0.896. The molecule has 29 heavy (non-hydrogen) atoms. The van der Waals surface area contributed by atoms with Gasteiger partial charge < -0.3 is 13.7 Å². The molecule has 0 amide bonds. The Morgan fingerprint density at radius 1 is 0.931 bits per heavy atom. The highest BCUT2D eigenvalue weighted by atomic mass is 16.4. The maximum atomic E-state index is 12.5. The van der Waals surface area contributed by atoms with Crippen molar-refractivity contribution in [2.45, 2.75) is 27.3 Å². The number of anilines is 1. The third kappa shape index (κ3) is 3.56. The Morgan fingerprint density at radius 2 is 1.72 bits per heavy atom. The van der Waals surface area contributed by atoms with Gasteiger partial charge in [0.25, 0.3) is 5.52 Å². The molecule has 0 aliphatic carbocycles. The molecule has 5 heteroatoms. The average molecular weight is 389 g/mol. The molecule has 0 N–H and O–H groups in total. The van der Waals surface area contributed by atoms with E-state index in [2.05, 4.69) is 36.3 Å². The molecule has 0 saturated carbocycles. The van der Waals surface area contributed by atoms with Gasteiger partial charge in [0.05, 0.1) is 11.6 Å². The molecule has 0 unspecified atom stereocenters. The van der Waals surface area contributed by atoms with Gasteiger partial charge in [-0.1, -0.05) is 12.1 Å². The van der Waals surface area contributed by atoms with E-state index >= 15 is 0 Å². The molecule has 4 aromatic rings. The molecule has 0 radical (unpaired) electrons.